The van der Waals surface area contributed by atoms with Crippen LogP contribution in [0.25, 0.3) is 11.0 Å². The van der Waals surface area contributed by atoms with E-state index in [1.807, 2.05) is 18.2 Å². The summed E-state index contributed by atoms with van der Waals surface area (Å²) in [6, 6.07) is 15.1. The Balaban J connectivity index is 1.75. The number of rotatable bonds is 3. The first-order valence-corrected chi connectivity index (χ1v) is 8.59. The molecule has 0 radical (unpaired) electrons. The van der Waals surface area contributed by atoms with Crippen molar-refractivity contribution in [2.45, 2.75) is 25.3 Å². The van der Waals surface area contributed by atoms with Crippen molar-refractivity contribution >= 4 is 11.0 Å². The Morgan fingerprint density at radius 1 is 1.08 bits per heavy atom. The molecule has 0 N–H and O–H groups in total. The zero-order valence-corrected chi connectivity index (χ0v) is 14.0. The Morgan fingerprint density at radius 2 is 1.88 bits per heavy atom. The van der Waals surface area contributed by atoms with E-state index in [1.165, 1.54) is 6.07 Å². The molecular weight excluding hydrogens is 301 g/mol. The zero-order chi connectivity index (χ0) is 16.5. The fourth-order valence-electron chi connectivity index (χ4n) is 3.66. The quantitative estimate of drug-likeness (QED) is 0.725. The number of nitrogens with zero attached hydrogens (tertiary/aromatic N) is 3. The molecule has 1 saturated heterocycles. The second-order valence-corrected chi connectivity index (χ2v) is 6.75. The molecule has 0 atom stereocenters. The summed E-state index contributed by atoms with van der Waals surface area (Å²) in [6.45, 7) is 2.88. The van der Waals surface area contributed by atoms with E-state index < -0.39 is 0 Å². The van der Waals surface area contributed by atoms with Crippen molar-refractivity contribution in [3.8, 4) is 0 Å². The average Bonchev–Trinajstić information content (AvgIpc) is 2.94. The minimum absolute atomic E-state index is 0.183. The Morgan fingerprint density at radius 3 is 2.67 bits per heavy atom. The van der Waals surface area contributed by atoms with Crippen LogP contribution in [0.5, 0.6) is 0 Å². The maximum atomic E-state index is 13.6. The molecule has 0 bridgehead atoms. The van der Waals surface area contributed by atoms with Crippen molar-refractivity contribution in [1.29, 1.82) is 0 Å². The minimum Gasteiger partial charge on any atom is -0.323 e. The summed E-state index contributed by atoms with van der Waals surface area (Å²) in [7, 11) is 2.17. The summed E-state index contributed by atoms with van der Waals surface area (Å²) in [4.78, 5) is 7.30. The molecule has 3 nitrogen and oxygen atoms in total. The fourth-order valence-corrected chi connectivity index (χ4v) is 3.66. The van der Waals surface area contributed by atoms with Gasteiger partial charge in [0.1, 0.15) is 11.6 Å². The maximum Gasteiger partial charge on any atom is 0.123 e. The Bertz CT molecular complexity index is 847. The monoisotopic (exact) mass is 323 g/mol. The zero-order valence-electron chi connectivity index (χ0n) is 14.0. The number of benzene rings is 2. The molecule has 3 aromatic rings. The third kappa shape index (κ3) is 2.94. The van der Waals surface area contributed by atoms with Crippen LogP contribution in [0.3, 0.4) is 0 Å². The van der Waals surface area contributed by atoms with E-state index in [9.17, 15) is 4.39 Å². The van der Waals surface area contributed by atoms with E-state index in [1.54, 1.807) is 12.1 Å². The molecular formula is C20H22FN3. The molecule has 2 aromatic carbocycles. The summed E-state index contributed by atoms with van der Waals surface area (Å²) in [5, 5.41) is 0. The molecule has 0 unspecified atom stereocenters. The lowest BCUT2D eigenvalue weighted by molar-refractivity contribution is 0.249. The summed E-state index contributed by atoms with van der Waals surface area (Å²) in [5.41, 5.74) is 3.14. The van der Waals surface area contributed by atoms with E-state index in [0.29, 0.717) is 12.5 Å². The van der Waals surface area contributed by atoms with Crippen LogP contribution >= 0.6 is 0 Å². The van der Waals surface area contributed by atoms with Gasteiger partial charge in [-0.05, 0) is 62.8 Å². The van der Waals surface area contributed by atoms with Gasteiger partial charge in [-0.1, -0.05) is 24.3 Å². The number of hydrogen-bond donors (Lipinski definition) is 0. The van der Waals surface area contributed by atoms with Gasteiger partial charge in [0, 0.05) is 12.5 Å². The summed E-state index contributed by atoms with van der Waals surface area (Å²) in [5.74, 6) is 1.44. The molecule has 0 aliphatic carbocycles. The minimum atomic E-state index is -0.183. The molecule has 4 rings (SSSR count). The standard InChI is InChI=1S/C20H22FN3/c1-23-11-9-16(10-12-23)20-22-18-7-2-3-8-19(18)24(20)14-15-5-4-6-17(21)13-15/h2-8,13,16H,9-12,14H2,1H3. The number of halogens is 1. The smallest absolute Gasteiger partial charge is 0.123 e. The molecule has 4 heteroatoms. The SMILES string of the molecule is CN1CCC(c2nc3ccccc3n2Cc2cccc(F)c2)CC1. The summed E-state index contributed by atoms with van der Waals surface area (Å²) < 4.78 is 15.9. The molecule has 24 heavy (non-hydrogen) atoms. The van der Waals surface area contributed by atoms with Gasteiger partial charge in [-0.25, -0.2) is 9.37 Å². The van der Waals surface area contributed by atoms with E-state index in [4.69, 9.17) is 4.98 Å². The van der Waals surface area contributed by atoms with Crippen LogP contribution in [0.1, 0.15) is 30.1 Å². The van der Waals surface area contributed by atoms with Crippen molar-refractivity contribution in [1.82, 2.24) is 14.5 Å². The highest BCUT2D eigenvalue weighted by molar-refractivity contribution is 5.76. The number of fused-ring (bicyclic) bond motifs is 1. The second-order valence-electron chi connectivity index (χ2n) is 6.75. The fraction of sp³-hybridized carbons (Fsp3) is 0.350. The van der Waals surface area contributed by atoms with E-state index in [-0.39, 0.29) is 5.82 Å². The molecule has 124 valence electrons. The number of para-hydroxylation sites is 2. The topological polar surface area (TPSA) is 21.1 Å². The molecule has 1 aliphatic rings. The van der Waals surface area contributed by atoms with Crippen molar-refractivity contribution < 1.29 is 4.39 Å². The van der Waals surface area contributed by atoms with Crippen LogP contribution in [-0.2, 0) is 6.54 Å². The Hall–Kier alpha value is -2.20. The molecule has 1 aromatic heterocycles. The predicted molar refractivity (Wildman–Crippen MR) is 94.7 cm³/mol. The highest BCUT2D eigenvalue weighted by Crippen LogP contribution is 2.30. The lowest BCUT2D eigenvalue weighted by atomic mass is 9.96. The Labute approximate surface area is 141 Å². The van der Waals surface area contributed by atoms with E-state index in [0.717, 1.165) is 48.4 Å². The van der Waals surface area contributed by atoms with E-state index >= 15 is 0 Å². The van der Waals surface area contributed by atoms with Gasteiger partial charge in [0.15, 0.2) is 0 Å². The maximum absolute atomic E-state index is 13.6. The number of imidazole rings is 1. The lowest BCUT2D eigenvalue weighted by Gasteiger charge is -2.29. The predicted octanol–water partition coefficient (Wildman–Crippen LogP) is 4.03. The first-order valence-electron chi connectivity index (χ1n) is 8.59. The third-order valence-electron chi connectivity index (χ3n) is 5.00. The van der Waals surface area contributed by atoms with Gasteiger partial charge in [-0.2, -0.15) is 0 Å². The normalized spacial score (nSPS) is 16.8. The molecule has 0 saturated carbocycles. The van der Waals surface area contributed by atoms with Crippen LogP contribution < -0.4 is 0 Å². The summed E-state index contributed by atoms with van der Waals surface area (Å²) in [6.07, 6.45) is 2.26. The van der Waals surface area contributed by atoms with Gasteiger partial charge < -0.3 is 9.47 Å². The van der Waals surface area contributed by atoms with Gasteiger partial charge in [0.05, 0.1) is 11.0 Å². The van der Waals surface area contributed by atoms with Crippen molar-refractivity contribution in [3.05, 3.63) is 65.7 Å². The molecule has 0 spiro atoms. The second kappa shape index (κ2) is 6.36. The van der Waals surface area contributed by atoms with Gasteiger partial charge in [-0.15, -0.1) is 0 Å². The van der Waals surface area contributed by atoms with Crippen molar-refractivity contribution in [2.24, 2.45) is 0 Å². The van der Waals surface area contributed by atoms with Crippen molar-refractivity contribution in [2.75, 3.05) is 20.1 Å². The molecule has 1 aliphatic heterocycles. The highest BCUT2D eigenvalue weighted by atomic mass is 19.1. The molecule has 2 heterocycles. The summed E-state index contributed by atoms with van der Waals surface area (Å²) >= 11 is 0. The van der Waals surface area contributed by atoms with Crippen LogP contribution in [0.4, 0.5) is 4.39 Å². The average molecular weight is 323 g/mol. The van der Waals surface area contributed by atoms with Gasteiger partial charge in [-0.3, -0.25) is 0 Å². The van der Waals surface area contributed by atoms with Crippen molar-refractivity contribution in [3.63, 3.8) is 0 Å². The van der Waals surface area contributed by atoms with Crippen LogP contribution in [0.15, 0.2) is 48.5 Å². The lowest BCUT2D eigenvalue weighted by Crippen LogP contribution is -2.30. The number of aromatic nitrogens is 2. The molecule has 0 amide bonds. The van der Waals surface area contributed by atoms with Crippen LogP contribution in [-0.4, -0.2) is 34.6 Å². The van der Waals surface area contributed by atoms with Gasteiger partial charge >= 0.3 is 0 Å². The van der Waals surface area contributed by atoms with Crippen LogP contribution in [0.2, 0.25) is 0 Å². The third-order valence-corrected chi connectivity index (χ3v) is 5.00. The van der Waals surface area contributed by atoms with Gasteiger partial charge in [0.2, 0.25) is 0 Å². The highest BCUT2D eigenvalue weighted by Gasteiger charge is 2.24. The Kier molecular flexibility index (Phi) is 4.07. The van der Waals surface area contributed by atoms with E-state index in [2.05, 4.69) is 28.6 Å². The van der Waals surface area contributed by atoms with Crippen LogP contribution in [0, 0.1) is 5.82 Å². The number of likely N-dealkylation sites (tertiary alicyclic amines) is 1. The first-order chi connectivity index (χ1) is 11.7. The molecule has 1 fully saturated rings. The van der Waals surface area contributed by atoms with Gasteiger partial charge in [0.25, 0.3) is 0 Å². The number of piperidine rings is 1. The largest absolute Gasteiger partial charge is 0.323 e. The number of hydrogen-bond acceptors (Lipinski definition) is 2. The first kappa shape index (κ1) is 15.3.